The SMILES string of the molecule is COc1cc(C=NNc2ncnc3ccccc23)ccc1OCc1ccccc1. The van der Waals surface area contributed by atoms with E-state index in [1.807, 2.05) is 72.8 Å². The molecule has 0 atom stereocenters. The van der Waals surface area contributed by atoms with Crippen molar-refractivity contribution in [3.8, 4) is 11.5 Å². The largest absolute Gasteiger partial charge is 0.493 e. The Kier molecular flexibility index (Phi) is 5.62. The number of anilines is 1. The minimum Gasteiger partial charge on any atom is -0.493 e. The van der Waals surface area contributed by atoms with Crippen LogP contribution >= 0.6 is 0 Å². The summed E-state index contributed by atoms with van der Waals surface area (Å²) in [4.78, 5) is 8.50. The van der Waals surface area contributed by atoms with Crippen LogP contribution in [0.2, 0.25) is 0 Å². The van der Waals surface area contributed by atoms with Crippen molar-refractivity contribution in [2.75, 3.05) is 12.5 Å². The average Bonchev–Trinajstić information content (AvgIpc) is 2.79. The molecule has 0 spiro atoms. The summed E-state index contributed by atoms with van der Waals surface area (Å²) in [6.07, 6.45) is 3.22. The van der Waals surface area contributed by atoms with E-state index in [-0.39, 0.29) is 0 Å². The molecule has 0 saturated carbocycles. The molecule has 1 N–H and O–H groups in total. The zero-order valence-corrected chi connectivity index (χ0v) is 15.9. The summed E-state index contributed by atoms with van der Waals surface area (Å²) in [5.41, 5.74) is 5.82. The van der Waals surface area contributed by atoms with Crippen LogP contribution in [0.15, 0.2) is 84.2 Å². The Balaban J connectivity index is 1.46. The monoisotopic (exact) mass is 384 g/mol. The predicted octanol–water partition coefficient (Wildman–Crippen LogP) is 4.66. The topological polar surface area (TPSA) is 68.6 Å². The van der Waals surface area contributed by atoms with Crippen molar-refractivity contribution >= 4 is 22.9 Å². The molecule has 1 heterocycles. The quantitative estimate of drug-likeness (QED) is 0.371. The number of hydrogen-bond acceptors (Lipinski definition) is 6. The van der Waals surface area contributed by atoms with Gasteiger partial charge in [-0.15, -0.1) is 0 Å². The van der Waals surface area contributed by atoms with Crippen molar-refractivity contribution in [2.45, 2.75) is 6.61 Å². The van der Waals surface area contributed by atoms with Gasteiger partial charge in [0.05, 0.1) is 18.8 Å². The highest BCUT2D eigenvalue weighted by Crippen LogP contribution is 2.28. The smallest absolute Gasteiger partial charge is 0.161 e. The first kappa shape index (κ1) is 18.4. The van der Waals surface area contributed by atoms with E-state index in [2.05, 4.69) is 20.5 Å². The van der Waals surface area contributed by atoms with Gasteiger partial charge in [0.2, 0.25) is 0 Å². The summed E-state index contributed by atoms with van der Waals surface area (Å²) in [6.45, 7) is 0.479. The van der Waals surface area contributed by atoms with Crippen LogP contribution in [0.1, 0.15) is 11.1 Å². The van der Waals surface area contributed by atoms with Gasteiger partial charge in [-0.3, -0.25) is 5.43 Å². The summed E-state index contributed by atoms with van der Waals surface area (Å²) in [5.74, 6) is 1.99. The lowest BCUT2D eigenvalue weighted by atomic mass is 10.2. The zero-order valence-electron chi connectivity index (χ0n) is 15.9. The lowest BCUT2D eigenvalue weighted by Crippen LogP contribution is -1.99. The van der Waals surface area contributed by atoms with Crippen LogP contribution in [-0.2, 0) is 6.61 Å². The zero-order chi connectivity index (χ0) is 19.9. The number of hydrazone groups is 1. The van der Waals surface area contributed by atoms with E-state index < -0.39 is 0 Å². The molecule has 0 bridgehead atoms. The number of benzene rings is 3. The highest BCUT2D eigenvalue weighted by atomic mass is 16.5. The number of nitrogens with zero attached hydrogens (tertiary/aromatic N) is 3. The highest BCUT2D eigenvalue weighted by Gasteiger charge is 2.06. The van der Waals surface area contributed by atoms with E-state index >= 15 is 0 Å². The third kappa shape index (κ3) is 4.50. The van der Waals surface area contributed by atoms with E-state index in [0.717, 1.165) is 22.0 Å². The minimum absolute atomic E-state index is 0.479. The summed E-state index contributed by atoms with van der Waals surface area (Å²) in [5, 5.41) is 5.21. The number of para-hydroxylation sites is 1. The molecule has 6 heteroatoms. The van der Waals surface area contributed by atoms with Crippen LogP contribution in [0, 0.1) is 0 Å². The number of ether oxygens (including phenoxy) is 2. The van der Waals surface area contributed by atoms with E-state index in [4.69, 9.17) is 9.47 Å². The molecule has 0 amide bonds. The van der Waals surface area contributed by atoms with Crippen LogP contribution < -0.4 is 14.9 Å². The predicted molar refractivity (Wildman–Crippen MR) is 115 cm³/mol. The Bertz CT molecular complexity index is 1120. The van der Waals surface area contributed by atoms with Gasteiger partial charge in [0.15, 0.2) is 17.3 Å². The normalized spacial score (nSPS) is 10.9. The fourth-order valence-electron chi connectivity index (χ4n) is 2.88. The number of hydrogen-bond donors (Lipinski definition) is 1. The van der Waals surface area contributed by atoms with Gasteiger partial charge in [-0.25, -0.2) is 9.97 Å². The second-order valence-corrected chi connectivity index (χ2v) is 6.29. The van der Waals surface area contributed by atoms with Gasteiger partial charge >= 0.3 is 0 Å². The Morgan fingerprint density at radius 3 is 2.62 bits per heavy atom. The molecule has 0 unspecified atom stereocenters. The third-order valence-electron chi connectivity index (χ3n) is 4.35. The van der Waals surface area contributed by atoms with Crippen molar-refractivity contribution in [2.24, 2.45) is 5.10 Å². The molecular formula is C23H20N4O2. The number of nitrogens with one attached hydrogen (secondary N) is 1. The molecular weight excluding hydrogens is 364 g/mol. The molecule has 0 aliphatic rings. The molecule has 6 nitrogen and oxygen atoms in total. The molecule has 0 aliphatic carbocycles. The van der Waals surface area contributed by atoms with Crippen molar-refractivity contribution < 1.29 is 9.47 Å². The Morgan fingerprint density at radius 1 is 0.931 bits per heavy atom. The van der Waals surface area contributed by atoms with Gasteiger partial charge in [0, 0.05) is 5.39 Å². The second-order valence-electron chi connectivity index (χ2n) is 6.29. The minimum atomic E-state index is 0.479. The van der Waals surface area contributed by atoms with Gasteiger partial charge in [-0.2, -0.15) is 5.10 Å². The second kappa shape index (κ2) is 8.84. The lowest BCUT2D eigenvalue weighted by Gasteiger charge is -2.11. The number of aromatic nitrogens is 2. The Morgan fingerprint density at radius 2 is 1.76 bits per heavy atom. The maximum Gasteiger partial charge on any atom is 0.161 e. The van der Waals surface area contributed by atoms with Crippen LogP contribution in [0.25, 0.3) is 10.9 Å². The lowest BCUT2D eigenvalue weighted by molar-refractivity contribution is 0.284. The molecule has 4 aromatic rings. The van der Waals surface area contributed by atoms with Crippen molar-refractivity contribution in [3.05, 3.63) is 90.3 Å². The third-order valence-corrected chi connectivity index (χ3v) is 4.35. The van der Waals surface area contributed by atoms with E-state index in [0.29, 0.717) is 23.9 Å². The van der Waals surface area contributed by atoms with Crippen LogP contribution in [0.5, 0.6) is 11.5 Å². The Hall–Kier alpha value is -3.93. The molecule has 3 aromatic carbocycles. The van der Waals surface area contributed by atoms with Gasteiger partial charge in [-0.1, -0.05) is 42.5 Å². The van der Waals surface area contributed by atoms with Crippen LogP contribution in [0.4, 0.5) is 5.82 Å². The molecule has 1 aromatic heterocycles. The maximum atomic E-state index is 5.89. The van der Waals surface area contributed by atoms with Crippen LogP contribution in [0.3, 0.4) is 0 Å². The number of methoxy groups -OCH3 is 1. The first-order valence-electron chi connectivity index (χ1n) is 9.17. The maximum absolute atomic E-state index is 5.89. The molecule has 0 saturated heterocycles. The standard InChI is InChI=1S/C23H20N4O2/c1-28-22-13-18(11-12-21(22)29-15-17-7-3-2-4-8-17)14-26-27-23-19-9-5-6-10-20(19)24-16-25-23/h2-14,16H,15H2,1H3,(H,24,25,27). The van der Waals surface area contributed by atoms with E-state index in [9.17, 15) is 0 Å². The van der Waals surface area contributed by atoms with Gasteiger partial charge < -0.3 is 9.47 Å². The molecule has 29 heavy (non-hydrogen) atoms. The molecule has 4 rings (SSSR count). The molecule has 0 radical (unpaired) electrons. The fourth-order valence-corrected chi connectivity index (χ4v) is 2.88. The first-order valence-corrected chi connectivity index (χ1v) is 9.17. The molecule has 0 aliphatic heterocycles. The van der Waals surface area contributed by atoms with E-state index in [1.54, 1.807) is 13.3 Å². The van der Waals surface area contributed by atoms with Crippen molar-refractivity contribution in [3.63, 3.8) is 0 Å². The summed E-state index contributed by atoms with van der Waals surface area (Å²) < 4.78 is 11.4. The van der Waals surface area contributed by atoms with Gasteiger partial charge in [0.1, 0.15) is 12.9 Å². The van der Waals surface area contributed by atoms with Gasteiger partial charge in [0.25, 0.3) is 0 Å². The van der Waals surface area contributed by atoms with Gasteiger partial charge in [-0.05, 0) is 41.5 Å². The summed E-state index contributed by atoms with van der Waals surface area (Å²) in [7, 11) is 1.62. The summed E-state index contributed by atoms with van der Waals surface area (Å²) in [6, 6.07) is 23.5. The Labute approximate surface area is 168 Å². The number of rotatable bonds is 7. The summed E-state index contributed by atoms with van der Waals surface area (Å²) >= 11 is 0. The molecule has 144 valence electrons. The molecule has 0 fully saturated rings. The number of fused-ring (bicyclic) bond motifs is 1. The fraction of sp³-hybridized carbons (Fsp3) is 0.0870. The van der Waals surface area contributed by atoms with E-state index in [1.165, 1.54) is 6.33 Å². The van der Waals surface area contributed by atoms with Crippen molar-refractivity contribution in [1.82, 2.24) is 9.97 Å². The van der Waals surface area contributed by atoms with Crippen molar-refractivity contribution in [1.29, 1.82) is 0 Å². The average molecular weight is 384 g/mol. The van der Waals surface area contributed by atoms with Crippen LogP contribution in [-0.4, -0.2) is 23.3 Å². The first-order chi connectivity index (χ1) is 14.3. The highest BCUT2D eigenvalue weighted by molar-refractivity contribution is 5.89.